The Morgan fingerprint density at radius 3 is 1.09 bits per heavy atom. The van der Waals surface area contributed by atoms with E-state index < -0.39 is 40.8 Å². The van der Waals surface area contributed by atoms with E-state index in [2.05, 4.69) is 0 Å². The molecule has 4 rings (SSSR count). The van der Waals surface area contributed by atoms with Gasteiger partial charge in [-0.15, -0.1) is 0 Å². The standard InChI is InChI=1S/C33H26F6O4/c1-19-5-7-23(17-21(19)3)29(40)42-27-13-9-25(10-14-27)31(32(34,35)36,33(37,38)39)26-11-15-28(16-12-26)43-30(41)24-8-6-20(2)22(4)18-24/h5-18H,1-4H3. The molecule has 4 aromatic carbocycles. The molecule has 0 spiro atoms. The van der Waals surface area contributed by atoms with Crippen LogP contribution < -0.4 is 9.47 Å². The number of esters is 2. The third kappa shape index (κ3) is 6.14. The van der Waals surface area contributed by atoms with Gasteiger partial charge >= 0.3 is 24.3 Å². The molecule has 0 saturated carbocycles. The lowest BCUT2D eigenvalue weighted by Crippen LogP contribution is -2.54. The molecule has 0 aromatic heterocycles. The number of halogens is 6. The van der Waals surface area contributed by atoms with Gasteiger partial charge in [-0.25, -0.2) is 9.59 Å². The van der Waals surface area contributed by atoms with Gasteiger partial charge in [-0.3, -0.25) is 0 Å². The highest BCUT2D eigenvalue weighted by Gasteiger charge is 2.72. The van der Waals surface area contributed by atoms with Gasteiger partial charge in [0.15, 0.2) is 0 Å². The first-order valence-electron chi connectivity index (χ1n) is 13.0. The van der Waals surface area contributed by atoms with E-state index in [1.165, 1.54) is 12.1 Å². The zero-order valence-corrected chi connectivity index (χ0v) is 23.5. The summed E-state index contributed by atoms with van der Waals surface area (Å²) >= 11 is 0. The molecule has 43 heavy (non-hydrogen) atoms. The van der Waals surface area contributed by atoms with E-state index in [1.54, 1.807) is 38.1 Å². The zero-order chi connectivity index (χ0) is 31.7. The number of carbonyl (C=O) groups excluding carboxylic acids is 2. The van der Waals surface area contributed by atoms with Gasteiger partial charge in [0.2, 0.25) is 5.41 Å². The maximum atomic E-state index is 14.6. The molecule has 0 fully saturated rings. The first kappa shape index (κ1) is 31.3. The fraction of sp³-hybridized carbons (Fsp3) is 0.212. The van der Waals surface area contributed by atoms with Crippen molar-refractivity contribution in [2.75, 3.05) is 0 Å². The number of rotatable bonds is 6. The molecule has 0 N–H and O–H groups in total. The van der Waals surface area contributed by atoms with E-state index in [0.717, 1.165) is 46.5 Å². The normalized spacial score (nSPS) is 12.1. The van der Waals surface area contributed by atoms with Crippen LogP contribution in [-0.2, 0) is 5.41 Å². The van der Waals surface area contributed by atoms with Crippen molar-refractivity contribution in [1.82, 2.24) is 0 Å². The van der Waals surface area contributed by atoms with Crippen LogP contribution in [0.5, 0.6) is 11.5 Å². The fourth-order valence-corrected chi connectivity index (χ4v) is 4.60. The minimum atomic E-state index is -5.83. The van der Waals surface area contributed by atoms with Crippen LogP contribution in [-0.4, -0.2) is 24.3 Å². The zero-order valence-electron chi connectivity index (χ0n) is 23.5. The molecule has 0 atom stereocenters. The summed E-state index contributed by atoms with van der Waals surface area (Å²) in [5, 5.41) is 0. The molecule has 0 saturated heterocycles. The van der Waals surface area contributed by atoms with Gasteiger partial charge in [-0.05, 0) is 110 Å². The molecule has 0 aliphatic heterocycles. The maximum Gasteiger partial charge on any atom is 0.411 e. The van der Waals surface area contributed by atoms with Crippen LogP contribution in [0.25, 0.3) is 0 Å². The summed E-state index contributed by atoms with van der Waals surface area (Å²) in [6.07, 6.45) is -11.7. The van der Waals surface area contributed by atoms with Crippen LogP contribution in [0, 0.1) is 27.7 Å². The number of alkyl halides is 6. The number of benzene rings is 4. The largest absolute Gasteiger partial charge is 0.423 e. The van der Waals surface area contributed by atoms with Gasteiger partial charge < -0.3 is 9.47 Å². The van der Waals surface area contributed by atoms with Crippen molar-refractivity contribution >= 4 is 11.9 Å². The van der Waals surface area contributed by atoms with Crippen molar-refractivity contribution in [3.63, 3.8) is 0 Å². The summed E-state index contributed by atoms with van der Waals surface area (Å²) in [7, 11) is 0. The average molecular weight is 601 g/mol. The van der Waals surface area contributed by atoms with E-state index in [4.69, 9.17) is 9.47 Å². The van der Waals surface area contributed by atoms with Gasteiger partial charge in [0, 0.05) is 0 Å². The Morgan fingerprint density at radius 1 is 0.488 bits per heavy atom. The van der Waals surface area contributed by atoms with Crippen LogP contribution in [0.3, 0.4) is 0 Å². The Balaban J connectivity index is 1.66. The molecular formula is C33H26F6O4. The van der Waals surface area contributed by atoms with E-state index >= 15 is 0 Å². The smallest absolute Gasteiger partial charge is 0.411 e. The predicted octanol–water partition coefficient (Wildman–Crippen LogP) is 8.77. The van der Waals surface area contributed by atoms with Crippen LogP contribution in [0.2, 0.25) is 0 Å². The quantitative estimate of drug-likeness (QED) is 0.126. The number of hydrogen-bond donors (Lipinski definition) is 0. The number of carbonyl (C=O) groups is 2. The van der Waals surface area contributed by atoms with E-state index in [9.17, 15) is 35.9 Å². The Bertz CT molecular complexity index is 1530. The fourth-order valence-electron chi connectivity index (χ4n) is 4.60. The van der Waals surface area contributed by atoms with Crippen molar-refractivity contribution in [2.45, 2.75) is 45.5 Å². The number of aryl methyl sites for hydroxylation is 4. The summed E-state index contributed by atoms with van der Waals surface area (Å²) in [5.74, 6) is -2.11. The topological polar surface area (TPSA) is 52.6 Å². The van der Waals surface area contributed by atoms with Gasteiger partial charge in [0.05, 0.1) is 11.1 Å². The Hall–Kier alpha value is -4.60. The molecule has 0 bridgehead atoms. The second-order valence-corrected chi connectivity index (χ2v) is 10.2. The Morgan fingerprint density at radius 2 is 0.814 bits per heavy atom. The summed E-state index contributed by atoms with van der Waals surface area (Å²) in [5.41, 5.74) is -2.93. The first-order valence-corrected chi connectivity index (χ1v) is 13.0. The number of ether oxygens (including phenoxy) is 2. The maximum absolute atomic E-state index is 14.6. The van der Waals surface area contributed by atoms with Crippen molar-refractivity contribution in [3.05, 3.63) is 129 Å². The second kappa shape index (κ2) is 11.6. The van der Waals surface area contributed by atoms with Crippen LogP contribution in [0.15, 0.2) is 84.9 Å². The molecule has 0 heterocycles. The Kier molecular flexibility index (Phi) is 8.44. The van der Waals surface area contributed by atoms with Gasteiger partial charge in [-0.1, -0.05) is 36.4 Å². The highest BCUT2D eigenvalue weighted by atomic mass is 19.4. The molecule has 0 unspecified atom stereocenters. The highest BCUT2D eigenvalue weighted by molar-refractivity contribution is 5.92. The van der Waals surface area contributed by atoms with Crippen molar-refractivity contribution < 1.29 is 45.4 Å². The van der Waals surface area contributed by atoms with Crippen LogP contribution in [0.4, 0.5) is 26.3 Å². The molecule has 0 radical (unpaired) electrons. The minimum absolute atomic E-state index is 0.172. The average Bonchev–Trinajstić information content (AvgIpc) is 2.92. The van der Waals surface area contributed by atoms with Gasteiger partial charge in [-0.2, -0.15) is 26.3 Å². The third-order valence-electron chi connectivity index (χ3n) is 7.33. The van der Waals surface area contributed by atoms with Gasteiger partial charge in [0.1, 0.15) is 11.5 Å². The summed E-state index contributed by atoms with van der Waals surface area (Å²) < 4.78 is 97.7. The monoisotopic (exact) mass is 600 g/mol. The van der Waals surface area contributed by atoms with Crippen LogP contribution >= 0.6 is 0 Å². The Labute approximate surface area is 243 Å². The van der Waals surface area contributed by atoms with Crippen molar-refractivity contribution in [2.24, 2.45) is 0 Å². The molecule has 10 heteroatoms. The lowest BCUT2D eigenvalue weighted by Gasteiger charge is -2.38. The molecule has 0 aliphatic carbocycles. The van der Waals surface area contributed by atoms with E-state index in [1.807, 2.05) is 13.8 Å². The SMILES string of the molecule is Cc1ccc(C(=O)Oc2ccc(C(c3ccc(OC(=O)c4ccc(C)c(C)c4)cc3)(C(F)(F)F)C(F)(F)F)cc2)cc1C. The predicted molar refractivity (Wildman–Crippen MR) is 148 cm³/mol. The van der Waals surface area contributed by atoms with Gasteiger partial charge in [0.25, 0.3) is 0 Å². The number of hydrogen-bond acceptors (Lipinski definition) is 4. The van der Waals surface area contributed by atoms with Crippen molar-refractivity contribution in [1.29, 1.82) is 0 Å². The first-order chi connectivity index (χ1) is 20.0. The van der Waals surface area contributed by atoms with Crippen LogP contribution in [0.1, 0.15) is 54.1 Å². The third-order valence-corrected chi connectivity index (χ3v) is 7.33. The molecular weight excluding hydrogens is 574 g/mol. The summed E-state index contributed by atoms with van der Waals surface area (Å²) in [4.78, 5) is 25.0. The minimum Gasteiger partial charge on any atom is -0.423 e. The summed E-state index contributed by atoms with van der Waals surface area (Å²) in [6.45, 7) is 7.22. The lowest BCUT2D eigenvalue weighted by molar-refractivity contribution is -0.288. The highest BCUT2D eigenvalue weighted by Crippen LogP contribution is 2.56. The summed E-state index contributed by atoms with van der Waals surface area (Å²) in [6, 6.07) is 15.5. The van der Waals surface area contributed by atoms with E-state index in [0.29, 0.717) is 24.3 Å². The molecule has 0 aliphatic rings. The lowest BCUT2D eigenvalue weighted by atomic mass is 9.73. The van der Waals surface area contributed by atoms with E-state index in [-0.39, 0.29) is 22.6 Å². The molecule has 0 amide bonds. The molecule has 4 aromatic rings. The van der Waals surface area contributed by atoms with Crippen molar-refractivity contribution in [3.8, 4) is 11.5 Å². The molecule has 224 valence electrons. The molecule has 4 nitrogen and oxygen atoms in total. The second-order valence-electron chi connectivity index (χ2n) is 10.2.